The van der Waals surface area contributed by atoms with Crippen LogP contribution in [-0.4, -0.2) is 48.9 Å². The Balaban J connectivity index is 1.86. The molecule has 1 aromatic carbocycles. The Morgan fingerprint density at radius 3 is 2.83 bits per heavy atom. The molecule has 2 aliphatic rings. The molecule has 3 rings (SSSR count). The third kappa shape index (κ3) is 2.86. The molecule has 2 amide bonds. The molecule has 0 bridgehead atoms. The van der Waals surface area contributed by atoms with Crippen LogP contribution in [-0.2, 0) is 4.79 Å². The molecule has 0 aromatic heterocycles. The predicted octanol–water partition coefficient (Wildman–Crippen LogP) is 1.66. The Bertz CT molecular complexity index is 660. The summed E-state index contributed by atoms with van der Waals surface area (Å²) in [7, 11) is 1.89. The van der Waals surface area contributed by atoms with Gasteiger partial charge < -0.3 is 20.9 Å². The smallest absolute Gasteiger partial charge is 0.254 e. The first kappa shape index (κ1) is 16.8. The van der Waals surface area contributed by atoms with Crippen molar-refractivity contribution < 1.29 is 9.59 Å². The van der Waals surface area contributed by atoms with E-state index in [1.54, 1.807) is 6.07 Å². The Morgan fingerprint density at radius 1 is 1.38 bits per heavy atom. The first-order valence-corrected chi connectivity index (χ1v) is 8.61. The van der Waals surface area contributed by atoms with Gasteiger partial charge in [-0.05, 0) is 43.9 Å². The number of nitrogens with one attached hydrogen (secondary N) is 1. The molecular weight excluding hydrogens is 304 g/mol. The number of carbonyl (C=O) groups is 2. The summed E-state index contributed by atoms with van der Waals surface area (Å²) >= 11 is 0. The average molecular weight is 330 g/mol. The molecule has 3 atom stereocenters. The first-order chi connectivity index (χ1) is 11.4. The molecule has 130 valence electrons. The Hall–Kier alpha value is -2.08. The lowest BCUT2D eigenvalue weighted by Gasteiger charge is -2.38. The molecule has 1 fully saturated rings. The van der Waals surface area contributed by atoms with Gasteiger partial charge in [0.2, 0.25) is 5.91 Å². The van der Waals surface area contributed by atoms with Crippen molar-refractivity contribution in [1.29, 1.82) is 0 Å². The summed E-state index contributed by atoms with van der Waals surface area (Å²) in [6.45, 7) is 5.29. The number of carbonyl (C=O) groups excluding carboxylic acids is 2. The van der Waals surface area contributed by atoms with Gasteiger partial charge in [-0.25, -0.2) is 0 Å². The summed E-state index contributed by atoms with van der Waals surface area (Å²) in [6.07, 6.45) is 1.95. The van der Waals surface area contributed by atoms with Gasteiger partial charge in [0.15, 0.2) is 0 Å². The second-order valence-electron chi connectivity index (χ2n) is 7.03. The van der Waals surface area contributed by atoms with Gasteiger partial charge in [0.1, 0.15) is 6.04 Å². The number of hydrogen-bond acceptors (Lipinski definition) is 4. The van der Waals surface area contributed by atoms with Crippen molar-refractivity contribution >= 4 is 23.2 Å². The highest BCUT2D eigenvalue weighted by Gasteiger charge is 2.31. The maximum absolute atomic E-state index is 12.9. The lowest BCUT2D eigenvalue weighted by molar-refractivity contribution is -0.117. The molecule has 24 heavy (non-hydrogen) atoms. The van der Waals surface area contributed by atoms with E-state index in [-0.39, 0.29) is 23.9 Å². The summed E-state index contributed by atoms with van der Waals surface area (Å²) in [5.41, 5.74) is 8.11. The van der Waals surface area contributed by atoms with Crippen LogP contribution in [0.1, 0.15) is 37.0 Å². The van der Waals surface area contributed by atoms with Crippen molar-refractivity contribution in [1.82, 2.24) is 4.90 Å². The van der Waals surface area contributed by atoms with Crippen LogP contribution in [0.15, 0.2) is 18.2 Å². The van der Waals surface area contributed by atoms with Gasteiger partial charge >= 0.3 is 0 Å². The van der Waals surface area contributed by atoms with Crippen molar-refractivity contribution in [3.05, 3.63) is 23.8 Å². The quantitative estimate of drug-likeness (QED) is 0.864. The zero-order valence-electron chi connectivity index (χ0n) is 14.6. The largest absolute Gasteiger partial charge is 0.361 e. The molecule has 6 heteroatoms. The number of anilines is 2. The van der Waals surface area contributed by atoms with Crippen LogP contribution in [0.3, 0.4) is 0 Å². The fraction of sp³-hybridized carbons (Fsp3) is 0.556. The minimum absolute atomic E-state index is 0.00401. The van der Waals surface area contributed by atoms with E-state index in [0.717, 1.165) is 25.1 Å². The summed E-state index contributed by atoms with van der Waals surface area (Å²) in [5.74, 6) is 0.539. The fourth-order valence-electron chi connectivity index (χ4n) is 3.61. The van der Waals surface area contributed by atoms with E-state index in [1.165, 1.54) is 0 Å². The summed E-state index contributed by atoms with van der Waals surface area (Å²) in [4.78, 5) is 28.8. The predicted molar refractivity (Wildman–Crippen MR) is 95.2 cm³/mol. The Labute approximate surface area is 143 Å². The second kappa shape index (κ2) is 6.43. The lowest BCUT2D eigenvalue weighted by Crippen LogP contribution is -2.49. The number of benzene rings is 1. The van der Waals surface area contributed by atoms with Crippen molar-refractivity contribution in [2.75, 3.05) is 30.4 Å². The normalized spacial score (nSPS) is 26.8. The number of rotatable bonds is 2. The van der Waals surface area contributed by atoms with E-state index in [2.05, 4.69) is 12.2 Å². The van der Waals surface area contributed by atoms with Gasteiger partial charge in [0.05, 0.1) is 11.4 Å². The summed E-state index contributed by atoms with van der Waals surface area (Å²) in [5, 5.41) is 2.89. The highest BCUT2D eigenvalue weighted by molar-refractivity contribution is 6.05. The number of nitrogens with two attached hydrogens (primary N) is 1. The SMILES string of the molecule is CC1CCN(C(=O)c2ccc3c(c2)NC(=O)C(C)N3C)C(CN)C1. The van der Waals surface area contributed by atoms with Crippen LogP contribution in [0.25, 0.3) is 0 Å². The van der Waals surface area contributed by atoms with Crippen LogP contribution in [0, 0.1) is 5.92 Å². The maximum atomic E-state index is 12.9. The van der Waals surface area contributed by atoms with Crippen molar-refractivity contribution in [2.45, 2.75) is 38.8 Å². The molecule has 6 nitrogen and oxygen atoms in total. The molecular formula is C18H26N4O2. The third-order valence-corrected chi connectivity index (χ3v) is 5.35. The minimum Gasteiger partial charge on any atom is -0.361 e. The highest BCUT2D eigenvalue weighted by atomic mass is 16.2. The van der Waals surface area contributed by atoms with Gasteiger partial charge in [-0.15, -0.1) is 0 Å². The average Bonchev–Trinajstić information content (AvgIpc) is 2.58. The van der Waals surface area contributed by atoms with E-state index in [0.29, 0.717) is 23.7 Å². The van der Waals surface area contributed by atoms with Crippen molar-refractivity contribution in [3.63, 3.8) is 0 Å². The fourth-order valence-corrected chi connectivity index (χ4v) is 3.61. The van der Waals surface area contributed by atoms with E-state index in [1.807, 2.05) is 35.9 Å². The topological polar surface area (TPSA) is 78.7 Å². The number of hydrogen-bond donors (Lipinski definition) is 2. The molecule has 0 spiro atoms. The molecule has 2 aliphatic heterocycles. The number of fused-ring (bicyclic) bond motifs is 1. The molecule has 3 N–H and O–H groups in total. The molecule has 0 aliphatic carbocycles. The van der Waals surface area contributed by atoms with E-state index in [9.17, 15) is 9.59 Å². The maximum Gasteiger partial charge on any atom is 0.254 e. The molecule has 3 unspecified atom stereocenters. The number of amides is 2. The van der Waals surface area contributed by atoms with Gasteiger partial charge in [0.25, 0.3) is 5.91 Å². The Kier molecular flexibility index (Phi) is 4.49. The number of likely N-dealkylation sites (tertiary alicyclic amines) is 1. The third-order valence-electron chi connectivity index (χ3n) is 5.35. The first-order valence-electron chi connectivity index (χ1n) is 8.61. The van der Waals surface area contributed by atoms with Crippen LogP contribution in [0.2, 0.25) is 0 Å². The number of piperidine rings is 1. The van der Waals surface area contributed by atoms with Gasteiger partial charge in [0, 0.05) is 31.7 Å². The number of nitrogens with zero attached hydrogens (tertiary/aromatic N) is 2. The monoisotopic (exact) mass is 330 g/mol. The van der Waals surface area contributed by atoms with Gasteiger partial charge in [-0.3, -0.25) is 9.59 Å². The van der Waals surface area contributed by atoms with Crippen molar-refractivity contribution in [2.24, 2.45) is 11.7 Å². The van der Waals surface area contributed by atoms with E-state index >= 15 is 0 Å². The highest BCUT2D eigenvalue weighted by Crippen LogP contribution is 2.32. The minimum atomic E-state index is -0.218. The Morgan fingerprint density at radius 2 is 2.12 bits per heavy atom. The molecule has 1 saturated heterocycles. The van der Waals surface area contributed by atoms with E-state index < -0.39 is 0 Å². The van der Waals surface area contributed by atoms with Crippen LogP contribution < -0.4 is 16.0 Å². The summed E-state index contributed by atoms with van der Waals surface area (Å²) in [6, 6.07) is 5.40. The molecule has 1 aromatic rings. The summed E-state index contributed by atoms with van der Waals surface area (Å²) < 4.78 is 0. The standard InChI is InChI=1S/C18H26N4O2/c1-11-6-7-22(14(8-11)10-19)18(24)13-4-5-16-15(9-13)20-17(23)12(2)21(16)3/h4-5,9,11-12,14H,6-8,10,19H2,1-3H3,(H,20,23). The van der Waals surface area contributed by atoms with Crippen LogP contribution in [0.4, 0.5) is 11.4 Å². The van der Waals surface area contributed by atoms with Gasteiger partial charge in [-0.2, -0.15) is 0 Å². The zero-order chi connectivity index (χ0) is 17.4. The zero-order valence-corrected chi connectivity index (χ0v) is 14.6. The van der Waals surface area contributed by atoms with Crippen LogP contribution >= 0.6 is 0 Å². The second-order valence-corrected chi connectivity index (χ2v) is 7.03. The lowest BCUT2D eigenvalue weighted by atomic mass is 9.91. The molecule has 0 radical (unpaired) electrons. The van der Waals surface area contributed by atoms with Crippen molar-refractivity contribution in [3.8, 4) is 0 Å². The van der Waals surface area contributed by atoms with Gasteiger partial charge in [-0.1, -0.05) is 6.92 Å². The molecule has 2 heterocycles. The molecule has 0 saturated carbocycles. The number of likely N-dealkylation sites (N-methyl/N-ethyl adjacent to an activating group) is 1. The van der Waals surface area contributed by atoms with Crippen LogP contribution in [0.5, 0.6) is 0 Å². The van der Waals surface area contributed by atoms with E-state index in [4.69, 9.17) is 5.73 Å².